The average molecular weight is 258 g/mol. The van der Waals surface area contributed by atoms with Crippen molar-refractivity contribution in [2.24, 2.45) is 0 Å². The van der Waals surface area contributed by atoms with Gasteiger partial charge in [0.05, 0.1) is 16.8 Å². The number of rotatable bonds is 2. The van der Waals surface area contributed by atoms with Crippen molar-refractivity contribution in [2.45, 2.75) is 31.5 Å². The van der Waals surface area contributed by atoms with Crippen molar-refractivity contribution in [3.05, 3.63) is 29.3 Å². The molecule has 18 heavy (non-hydrogen) atoms. The molecule has 3 N–H and O–H groups in total. The van der Waals surface area contributed by atoms with Crippen LogP contribution in [-0.4, -0.2) is 11.4 Å². The minimum atomic E-state index is -4.55. The number of anilines is 1. The van der Waals surface area contributed by atoms with Crippen LogP contribution < -0.4 is 11.1 Å². The predicted molar refractivity (Wildman–Crippen MR) is 61.0 cm³/mol. The van der Waals surface area contributed by atoms with Gasteiger partial charge in [-0.3, -0.25) is 4.79 Å². The SMILES string of the molecule is CC1(NC(=O)c2cccc(C(F)(F)F)c2N)CC1. The molecule has 1 saturated carbocycles. The lowest BCUT2D eigenvalue weighted by Crippen LogP contribution is -2.34. The quantitative estimate of drug-likeness (QED) is 0.801. The summed E-state index contributed by atoms with van der Waals surface area (Å²) in [5.74, 6) is -0.557. The van der Waals surface area contributed by atoms with Gasteiger partial charge in [0.1, 0.15) is 0 Å². The van der Waals surface area contributed by atoms with Gasteiger partial charge in [-0.1, -0.05) is 6.07 Å². The normalized spacial score (nSPS) is 17.3. The average Bonchev–Trinajstić information content (AvgIpc) is 2.94. The van der Waals surface area contributed by atoms with Crippen LogP contribution in [0.3, 0.4) is 0 Å². The summed E-state index contributed by atoms with van der Waals surface area (Å²) in [5, 5.41) is 2.68. The molecule has 1 fully saturated rings. The maximum Gasteiger partial charge on any atom is 0.418 e. The molecule has 0 unspecified atom stereocenters. The predicted octanol–water partition coefficient (Wildman–Crippen LogP) is 2.57. The van der Waals surface area contributed by atoms with E-state index in [2.05, 4.69) is 5.32 Å². The molecular formula is C12H13F3N2O. The molecule has 0 saturated heterocycles. The highest BCUT2D eigenvalue weighted by Crippen LogP contribution is 2.37. The minimum Gasteiger partial charge on any atom is -0.398 e. The molecule has 1 aromatic carbocycles. The Morgan fingerprint density at radius 3 is 2.50 bits per heavy atom. The van der Waals surface area contributed by atoms with E-state index in [1.165, 1.54) is 12.1 Å². The molecule has 1 aromatic rings. The lowest BCUT2D eigenvalue weighted by Gasteiger charge is -2.15. The molecule has 3 nitrogen and oxygen atoms in total. The van der Waals surface area contributed by atoms with E-state index in [1.54, 1.807) is 0 Å². The number of amides is 1. The molecule has 0 aliphatic heterocycles. The minimum absolute atomic E-state index is 0.127. The van der Waals surface area contributed by atoms with Crippen LogP contribution in [0.2, 0.25) is 0 Å². The van der Waals surface area contributed by atoms with E-state index >= 15 is 0 Å². The molecule has 0 spiro atoms. The second-order valence-corrected chi connectivity index (χ2v) is 4.78. The lowest BCUT2D eigenvalue weighted by molar-refractivity contribution is -0.136. The number of nitrogen functional groups attached to an aromatic ring is 1. The number of hydrogen-bond donors (Lipinski definition) is 2. The maximum absolute atomic E-state index is 12.6. The van der Waals surface area contributed by atoms with E-state index in [4.69, 9.17) is 5.73 Å². The van der Waals surface area contributed by atoms with Gasteiger partial charge in [0.2, 0.25) is 0 Å². The molecule has 1 amide bonds. The summed E-state index contributed by atoms with van der Waals surface area (Å²) in [4.78, 5) is 11.8. The smallest absolute Gasteiger partial charge is 0.398 e. The summed E-state index contributed by atoms with van der Waals surface area (Å²) >= 11 is 0. The number of nitrogens with two attached hydrogens (primary N) is 1. The van der Waals surface area contributed by atoms with Crippen molar-refractivity contribution in [3.63, 3.8) is 0 Å². The Hall–Kier alpha value is -1.72. The maximum atomic E-state index is 12.6. The first-order valence-corrected chi connectivity index (χ1v) is 5.51. The van der Waals surface area contributed by atoms with Crippen molar-refractivity contribution < 1.29 is 18.0 Å². The Morgan fingerprint density at radius 1 is 1.39 bits per heavy atom. The Morgan fingerprint density at radius 2 is 2.00 bits per heavy atom. The fourth-order valence-corrected chi connectivity index (χ4v) is 1.66. The Balaban J connectivity index is 2.31. The Kier molecular flexibility index (Phi) is 2.76. The Labute approximate surface area is 102 Å². The molecule has 0 aromatic heterocycles. The zero-order valence-electron chi connectivity index (χ0n) is 9.77. The summed E-state index contributed by atoms with van der Waals surface area (Å²) < 4.78 is 37.9. The summed E-state index contributed by atoms with van der Waals surface area (Å²) in [6.45, 7) is 1.84. The largest absolute Gasteiger partial charge is 0.418 e. The lowest BCUT2D eigenvalue weighted by atomic mass is 10.1. The Bertz CT molecular complexity index is 493. The third kappa shape index (κ3) is 2.42. The number of nitrogens with one attached hydrogen (secondary N) is 1. The number of para-hydroxylation sites is 1. The van der Waals surface area contributed by atoms with Crippen LogP contribution in [0.25, 0.3) is 0 Å². The highest BCUT2D eigenvalue weighted by molar-refractivity contribution is 6.00. The highest BCUT2D eigenvalue weighted by atomic mass is 19.4. The summed E-state index contributed by atoms with van der Waals surface area (Å²) in [5.41, 5.74) is 3.51. The number of carbonyl (C=O) groups excluding carboxylic acids is 1. The topological polar surface area (TPSA) is 55.1 Å². The summed E-state index contributed by atoms with van der Waals surface area (Å²) in [7, 11) is 0. The molecule has 1 aliphatic rings. The third-order valence-corrected chi connectivity index (χ3v) is 3.07. The van der Waals surface area contributed by atoms with E-state index < -0.39 is 23.3 Å². The number of halogens is 3. The van der Waals surface area contributed by atoms with Crippen LogP contribution in [0, 0.1) is 0 Å². The summed E-state index contributed by atoms with van der Waals surface area (Å²) in [6.07, 6.45) is -2.89. The third-order valence-electron chi connectivity index (χ3n) is 3.07. The van der Waals surface area contributed by atoms with Crippen LogP contribution in [0.15, 0.2) is 18.2 Å². The molecule has 98 valence electrons. The van der Waals surface area contributed by atoms with E-state index in [9.17, 15) is 18.0 Å². The first-order valence-electron chi connectivity index (χ1n) is 5.51. The zero-order valence-corrected chi connectivity index (χ0v) is 9.77. The van der Waals surface area contributed by atoms with Gasteiger partial charge in [-0.2, -0.15) is 13.2 Å². The fourth-order valence-electron chi connectivity index (χ4n) is 1.66. The van der Waals surface area contributed by atoms with E-state index in [-0.39, 0.29) is 11.1 Å². The fraction of sp³-hybridized carbons (Fsp3) is 0.417. The van der Waals surface area contributed by atoms with Crippen molar-refractivity contribution >= 4 is 11.6 Å². The van der Waals surface area contributed by atoms with Gasteiger partial charge in [0, 0.05) is 5.54 Å². The second kappa shape index (κ2) is 3.90. The second-order valence-electron chi connectivity index (χ2n) is 4.78. The van der Waals surface area contributed by atoms with E-state index in [1.807, 2.05) is 6.92 Å². The highest BCUT2D eigenvalue weighted by Gasteiger charge is 2.40. The zero-order chi connectivity index (χ0) is 13.6. The van der Waals surface area contributed by atoms with Crippen molar-refractivity contribution in [3.8, 4) is 0 Å². The van der Waals surface area contributed by atoms with E-state index in [0.29, 0.717) is 0 Å². The molecule has 6 heteroatoms. The van der Waals surface area contributed by atoms with E-state index in [0.717, 1.165) is 18.9 Å². The van der Waals surface area contributed by atoms with Crippen LogP contribution in [0.1, 0.15) is 35.7 Å². The van der Waals surface area contributed by atoms with Gasteiger partial charge >= 0.3 is 6.18 Å². The van der Waals surface area contributed by atoms with Gasteiger partial charge in [-0.05, 0) is 31.9 Å². The number of hydrogen-bond acceptors (Lipinski definition) is 2. The van der Waals surface area contributed by atoms with Gasteiger partial charge in [0.15, 0.2) is 0 Å². The summed E-state index contributed by atoms with van der Waals surface area (Å²) in [6, 6.07) is 3.35. The monoisotopic (exact) mass is 258 g/mol. The van der Waals surface area contributed by atoms with Crippen LogP contribution in [0.4, 0.5) is 18.9 Å². The van der Waals surface area contributed by atoms with Gasteiger partial charge in [-0.15, -0.1) is 0 Å². The van der Waals surface area contributed by atoms with Crippen LogP contribution in [-0.2, 0) is 6.18 Å². The first kappa shape index (κ1) is 12.7. The molecule has 0 atom stereocenters. The van der Waals surface area contributed by atoms with Gasteiger partial charge in [-0.25, -0.2) is 0 Å². The first-order chi connectivity index (χ1) is 8.23. The molecule has 2 rings (SSSR count). The number of carbonyl (C=O) groups is 1. The van der Waals surface area contributed by atoms with Crippen LogP contribution >= 0.6 is 0 Å². The van der Waals surface area contributed by atoms with Gasteiger partial charge < -0.3 is 11.1 Å². The van der Waals surface area contributed by atoms with Crippen molar-refractivity contribution in [2.75, 3.05) is 5.73 Å². The molecule has 0 heterocycles. The molecule has 1 aliphatic carbocycles. The number of benzene rings is 1. The van der Waals surface area contributed by atoms with Crippen LogP contribution in [0.5, 0.6) is 0 Å². The standard InChI is InChI=1S/C12H13F3N2O/c1-11(5-6-11)17-10(18)7-3-2-4-8(9(7)16)12(13,14)15/h2-4H,5-6,16H2,1H3,(H,17,18). The van der Waals surface area contributed by atoms with Gasteiger partial charge in [0.25, 0.3) is 5.91 Å². The molecule has 0 bridgehead atoms. The number of alkyl halides is 3. The van der Waals surface area contributed by atoms with Crippen molar-refractivity contribution in [1.29, 1.82) is 0 Å². The molecular weight excluding hydrogens is 245 g/mol. The molecule has 0 radical (unpaired) electrons. The van der Waals surface area contributed by atoms with Crippen molar-refractivity contribution in [1.82, 2.24) is 5.32 Å².